The molecule has 3 aromatic rings. The third kappa shape index (κ3) is 5.50. The van der Waals surface area contributed by atoms with Crippen LogP contribution in [-0.4, -0.2) is 24.6 Å². The molecule has 2 N–H and O–H groups in total. The zero-order valence-corrected chi connectivity index (χ0v) is 15.5. The Morgan fingerprint density at radius 2 is 1.86 bits per heavy atom. The maximum absolute atomic E-state index is 14.0. The van der Waals surface area contributed by atoms with E-state index in [0.717, 1.165) is 5.56 Å². The summed E-state index contributed by atoms with van der Waals surface area (Å²) >= 11 is 0. The number of ether oxygens (including phenoxy) is 1. The molecule has 0 amide bonds. The SMILES string of the molecule is CN=C(NCc1coc(-c2ccccc2)n1)NCc1c(F)cccc1OC(F)F. The van der Waals surface area contributed by atoms with E-state index in [9.17, 15) is 13.2 Å². The summed E-state index contributed by atoms with van der Waals surface area (Å²) in [5, 5.41) is 5.87. The van der Waals surface area contributed by atoms with Crippen LogP contribution in [0.25, 0.3) is 11.5 Å². The molecule has 0 aliphatic heterocycles. The number of halogens is 3. The van der Waals surface area contributed by atoms with Gasteiger partial charge < -0.3 is 19.8 Å². The van der Waals surface area contributed by atoms with Crippen LogP contribution in [0.2, 0.25) is 0 Å². The molecule has 6 nitrogen and oxygen atoms in total. The molecule has 0 saturated carbocycles. The average Bonchev–Trinajstić information content (AvgIpc) is 3.19. The van der Waals surface area contributed by atoms with E-state index in [4.69, 9.17) is 4.42 Å². The molecular formula is C20H19F3N4O2. The molecule has 0 aliphatic rings. The van der Waals surface area contributed by atoms with E-state index in [2.05, 4.69) is 25.3 Å². The summed E-state index contributed by atoms with van der Waals surface area (Å²) in [5.74, 6) is -0.0620. The predicted octanol–water partition coefficient (Wildman–Crippen LogP) is 3.95. The number of aromatic nitrogens is 1. The number of oxazole rings is 1. The highest BCUT2D eigenvalue weighted by atomic mass is 19.3. The van der Waals surface area contributed by atoms with Crippen LogP contribution in [0, 0.1) is 5.82 Å². The minimum atomic E-state index is -3.04. The van der Waals surface area contributed by atoms with Gasteiger partial charge in [0.2, 0.25) is 5.89 Å². The molecule has 3 rings (SSSR count). The van der Waals surface area contributed by atoms with E-state index in [0.29, 0.717) is 24.1 Å². The number of guanidine groups is 1. The Morgan fingerprint density at radius 1 is 1.10 bits per heavy atom. The largest absolute Gasteiger partial charge is 0.444 e. The molecule has 1 aromatic heterocycles. The molecule has 0 aliphatic carbocycles. The Morgan fingerprint density at radius 3 is 2.59 bits per heavy atom. The minimum Gasteiger partial charge on any atom is -0.444 e. The summed E-state index contributed by atoms with van der Waals surface area (Å²) in [6.45, 7) is -2.84. The van der Waals surface area contributed by atoms with Gasteiger partial charge in [-0.25, -0.2) is 9.37 Å². The molecule has 9 heteroatoms. The molecule has 1 heterocycles. The lowest BCUT2D eigenvalue weighted by atomic mass is 10.2. The topological polar surface area (TPSA) is 71.7 Å². The molecular weight excluding hydrogens is 385 g/mol. The molecule has 2 aromatic carbocycles. The Labute approximate surface area is 165 Å². The molecule has 0 spiro atoms. The van der Waals surface area contributed by atoms with Crippen LogP contribution in [0.4, 0.5) is 13.2 Å². The first-order valence-electron chi connectivity index (χ1n) is 8.73. The van der Waals surface area contributed by atoms with E-state index in [1.165, 1.54) is 31.5 Å². The molecule has 0 saturated heterocycles. The first-order valence-corrected chi connectivity index (χ1v) is 8.73. The van der Waals surface area contributed by atoms with Crippen molar-refractivity contribution in [3.63, 3.8) is 0 Å². The number of aliphatic imine (C=N–C) groups is 1. The van der Waals surface area contributed by atoms with Gasteiger partial charge in [-0.3, -0.25) is 4.99 Å². The number of rotatable bonds is 7. The van der Waals surface area contributed by atoms with Crippen molar-refractivity contribution < 1.29 is 22.3 Å². The molecule has 152 valence electrons. The predicted molar refractivity (Wildman–Crippen MR) is 102 cm³/mol. The van der Waals surface area contributed by atoms with Gasteiger partial charge in [0.15, 0.2) is 5.96 Å². The van der Waals surface area contributed by atoms with Gasteiger partial charge in [0.1, 0.15) is 17.8 Å². The third-order valence-corrected chi connectivity index (χ3v) is 3.96. The summed E-state index contributed by atoms with van der Waals surface area (Å²) < 4.78 is 48.9. The van der Waals surface area contributed by atoms with E-state index < -0.39 is 12.4 Å². The van der Waals surface area contributed by atoms with Crippen molar-refractivity contribution in [1.29, 1.82) is 0 Å². The summed E-state index contributed by atoms with van der Waals surface area (Å²) in [5.41, 5.74) is 1.47. The van der Waals surface area contributed by atoms with Crippen molar-refractivity contribution in [1.82, 2.24) is 15.6 Å². The second-order valence-electron chi connectivity index (χ2n) is 5.88. The standard InChI is InChI=1S/C20H19F3N4O2/c1-24-20(26-11-15-16(21)8-5-9-17(15)29-19(22)23)25-10-14-12-28-18(27-14)13-6-3-2-4-7-13/h2-9,12,19H,10-11H2,1H3,(H2,24,25,26). The number of nitrogens with zero attached hydrogens (tertiary/aromatic N) is 2. The van der Waals surface area contributed by atoms with Crippen LogP contribution < -0.4 is 15.4 Å². The van der Waals surface area contributed by atoms with Gasteiger partial charge in [0, 0.05) is 24.7 Å². The fourth-order valence-corrected chi connectivity index (χ4v) is 2.59. The van der Waals surface area contributed by atoms with Gasteiger partial charge in [-0.15, -0.1) is 0 Å². The van der Waals surface area contributed by atoms with Crippen molar-refractivity contribution in [2.24, 2.45) is 4.99 Å². The second-order valence-corrected chi connectivity index (χ2v) is 5.88. The van der Waals surface area contributed by atoms with E-state index in [1.54, 1.807) is 0 Å². The smallest absolute Gasteiger partial charge is 0.387 e. The molecule has 29 heavy (non-hydrogen) atoms. The molecule has 0 fully saturated rings. The fourth-order valence-electron chi connectivity index (χ4n) is 2.59. The van der Waals surface area contributed by atoms with Crippen molar-refractivity contribution >= 4 is 5.96 Å². The Balaban J connectivity index is 1.59. The van der Waals surface area contributed by atoms with Gasteiger partial charge >= 0.3 is 6.61 Å². The van der Waals surface area contributed by atoms with Gasteiger partial charge in [-0.1, -0.05) is 24.3 Å². The average molecular weight is 404 g/mol. The number of hydrogen-bond acceptors (Lipinski definition) is 4. The van der Waals surface area contributed by atoms with E-state index in [1.807, 2.05) is 30.3 Å². The Kier molecular flexibility index (Phi) is 6.72. The molecule has 0 unspecified atom stereocenters. The quantitative estimate of drug-likeness (QED) is 0.461. The number of benzene rings is 2. The summed E-state index contributed by atoms with van der Waals surface area (Å²) in [6, 6.07) is 13.2. The number of nitrogens with one attached hydrogen (secondary N) is 2. The number of hydrogen-bond donors (Lipinski definition) is 2. The van der Waals surface area contributed by atoms with Crippen LogP contribution in [0.1, 0.15) is 11.3 Å². The molecule has 0 atom stereocenters. The van der Waals surface area contributed by atoms with Gasteiger partial charge in [0.05, 0.1) is 12.2 Å². The lowest BCUT2D eigenvalue weighted by Crippen LogP contribution is -2.36. The highest BCUT2D eigenvalue weighted by Crippen LogP contribution is 2.23. The normalized spacial score (nSPS) is 11.6. The first-order chi connectivity index (χ1) is 14.1. The van der Waals surface area contributed by atoms with Crippen molar-refractivity contribution in [2.75, 3.05) is 7.05 Å². The summed E-state index contributed by atoms with van der Waals surface area (Å²) in [4.78, 5) is 8.42. The van der Waals surface area contributed by atoms with Crippen molar-refractivity contribution in [3.05, 3.63) is 71.9 Å². The minimum absolute atomic E-state index is 0.0245. The fraction of sp³-hybridized carbons (Fsp3) is 0.200. The van der Waals surface area contributed by atoms with Crippen LogP contribution in [-0.2, 0) is 13.1 Å². The summed E-state index contributed by atoms with van der Waals surface area (Å²) in [7, 11) is 1.53. The van der Waals surface area contributed by atoms with E-state index >= 15 is 0 Å². The Bertz CT molecular complexity index is 961. The maximum atomic E-state index is 14.0. The highest BCUT2D eigenvalue weighted by molar-refractivity contribution is 5.79. The van der Waals surface area contributed by atoms with Gasteiger partial charge in [-0.05, 0) is 24.3 Å². The maximum Gasteiger partial charge on any atom is 0.387 e. The highest BCUT2D eigenvalue weighted by Gasteiger charge is 2.14. The van der Waals surface area contributed by atoms with Crippen molar-refractivity contribution in [2.45, 2.75) is 19.7 Å². The van der Waals surface area contributed by atoms with Crippen LogP contribution >= 0.6 is 0 Å². The van der Waals surface area contributed by atoms with Crippen LogP contribution in [0.5, 0.6) is 5.75 Å². The zero-order chi connectivity index (χ0) is 20.6. The summed E-state index contributed by atoms with van der Waals surface area (Å²) in [6.07, 6.45) is 1.52. The van der Waals surface area contributed by atoms with Crippen molar-refractivity contribution in [3.8, 4) is 17.2 Å². The third-order valence-electron chi connectivity index (χ3n) is 3.96. The van der Waals surface area contributed by atoms with Gasteiger partial charge in [-0.2, -0.15) is 8.78 Å². The lowest BCUT2D eigenvalue weighted by molar-refractivity contribution is -0.0506. The first kappa shape index (κ1) is 20.2. The molecule has 0 bridgehead atoms. The van der Waals surface area contributed by atoms with Crippen LogP contribution in [0.3, 0.4) is 0 Å². The zero-order valence-electron chi connectivity index (χ0n) is 15.5. The van der Waals surface area contributed by atoms with Gasteiger partial charge in [0.25, 0.3) is 0 Å². The Hall–Kier alpha value is -3.49. The number of alkyl halides is 2. The van der Waals surface area contributed by atoms with E-state index in [-0.39, 0.29) is 17.9 Å². The second kappa shape index (κ2) is 9.63. The van der Waals surface area contributed by atoms with Crippen LogP contribution in [0.15, 0.2) is 64.2 Å². The monoisotopic (exact) mass is 404 g/mol. The lowest BCUT2D eigenvalue weighted by Gasteiger charge is -2.14. The molecule has 0 radical (unpaired) electrons.